The number of benzene rings is 1. The van der Waals surface area contributed by atoms with Crippen LogP contribution in [0.2, 0.25) is 0 Å². The fourth-order valence-corrected chi connectivity index (χ4v) is 3.54. The second-order valence-corrected chi connectivity index (χ2v) is 8.64. The number of nitrogens with two attached hydrogens (primary N) is 1. The van der Waals surface area contributed by atoms with Crippen molar-refractivity contribution in [2.75, 3.05) is 25.0 Å². The van der Waals surface area contributed by atoms with E-state index in [1.807, 2.05) is 0 Å². The summed E-state index contributed by atoms with van der Waals surface area (Å²) in [6.07, 6.45) is 2.16. The van der Waals surface area contributed by atoms with E-state index in [9.17, 15) is 22.8 Å². The van der Waals surface area contributed by atoms with Gasteiger partial charge in [-0.15, -0.1) is 0 Å². The predicted molar refractivity (Wildman–Crippen MR) is 139 cm³/mol. The zero-order valence-corrected chi connectivity index (χ0v) is 20.4. The van der Waals surface area contributed by atoms with Gasteiger partial charge >= 0.3 is 12.2 Å². The number of amides is 3. The van der Waals surface area contributed by atoms with Gasteiger partial charge < -0.3 is 37.1 Å². The molecule has 202 valence electrons. The molecule has 0 radical (unpaired) electrons. The number of likely N-dealkylation sites (tertiary alicyclic amines) is 1. The first kappa shape index (κ1) is 28.2. The lowest BCUT2D eigenvalue weighted by Gasteiger charge is -2.37. The number of hydrogen-bond acceptors (Lipinski definition) is 7. The molecule has 3 amide bonds. The third-order valence-corrected chi connectivity index (χ3v) is 5.56. The number of hydrogen-bond donors (Lipinski definition) is 6. The van der Waals surface area contributed by atoms with Crippen molar-refractivity contribution in [3.63, 3.8) is 0 Å². The van der Waals surface area contributed by atoms with Crippen molar-refractivity contribution in [3.05, 3.63) is 41.9 Å². The number of H-pyrrole nitrogens is 1. The minimum atomic E-state index is -4.52. The van der Waals surface area contributed by atoms with E-state index in [1.165, 1.54) is 18.5 Å². The zero-order valence-electron chi connectivity index (χ0n) is 20.4. The fraction of sp³-hybridized carbons (Fsp3) is 0.333. The topological polar surface area (TPSA) is 176 Å². The van der Waals surface area contributed by atoms with Crippen LogP contribution in [0.15, 0.2) is 41.0 Å². The molecule has 2 unspecified atom stereocenters. The van der Waals surface area contributed by atoms with Gasteiger partial charge in [-0.3, -0.25) is 9.79 Å². The smallest absolute Gasteiger partial charge is 0.338 e. The predicted octanol–water partition coefficient (Wildman–Crippen LogP) is 2.69. The Labute approximate surface area is 216 Å². The molecule has 1 aromatic carbocycles. The van der Waals surface area contributed by atoms with Gasteiger partial charge in [0, 0.05) is 49.0 Å². The first-order chi connectivity index (χ1) is 18.0. The van der Waals surface area contributed by atoms with Crippen molar-refractivity contribution < 1.29 is 22.8 Å². The van der Waals surface area contributed by atoms with E-state index in [-0.39, 0.29) is 17.6 Å². The zero-order chi connectivity index (χ0) is 27.9. The minimum absolute atomic E-state index is 0.0170. The number of nitrogens with one attached hydrogen (secondary N) is 5. The lowest BCUT2D eigenvalue weighted by molar-refractivity contribution is -0.136. The van der Waals surface area contributed by atoms with Crippen molar-refractivity contribution in [2.45, 2.75) is 25.2 Å². The largest absolute Gasteiger partial charge is 0.405 e. The van der Waals surface area contributed by atoms with Crippen molar-refractivity contribution in [1.29, 1.82) is 10.8 Å². The molecule has 11 nitrogen and oxygen atoms in total. The van der Waals surface area contributed by atoms with Crippen LogP contribution < -0.4 is 16.4 Å². The number of carbonyl (C=O) groups excluding carboxylic acids is 2. The highest BCUT2D eigenvalue weighted by Crippen LogP contribution is 2.22. The van der Waals surface area contributed by atoms with Crippen LogP contribution in [0.1, 0.15) is 12.7 Å². The van der Waals surface area contributed by atoms with Crippen LogP contribution in [0.5, 0.6) is 0 Å². The van der Waals surface area contributed by atoms with Crippen LogP contribution in [0.4, 0.5) is 23.7 Å². The summed E-state index contributed by atoms with van der Waals surface area (Å²) in [6.45, 7) is 1.18. The second-order valence-electron chi connectivity index (χ2n) is 8.64. The number of anilines is 1. The number of aromatic nitrogens is 2. The lowest BCUT2D eigenvalue weighted by atomic mass is 10.0. The lowest BCUT2D eigenvalue weighted by Crippen LogP contribution is -2.59. The van der Waals surface area contributed by atoms with E-state index in [2.05, 4.69) is 20.3 Å². The summed E-state index contributed by atoms with van der Waals surface area (Å²) in [7, 11) is 0. The number of allylic oxidation sites excluding steroid dienone is 1. The van der Waals surface area contributed by atoms with Gasteiger partial charge in [-0.25, -0.2) is 9.78 Å². The molecule has 1 aliphatic heterocycles. The van der Waals surface area contributed by atoms with Crippen molar-refractivity contribution >= 4 is 42.3 Å². The summed E-state index contributed by atoms with van der Waals surface area (Å²) in [5.41, 5.74) is 7.54. The number of aliphatic imine (C=N–C) groups is 1. The molecule has 7 N–H and O–H groups in total. The van der Waals surface area contributed by atoms with Gasteiger partial charge in [-0.05, 0) is 30.7 Å². The second kappa shape index (κ2) is 12.3. The number of alkyl halides is 3. The van der Waals surface area contributed by atoms with E-state index in [4.69, 9.17) is 16.6 Å². The molecule has 1 saturated heterocycles. The van der Waals surface area contributed by atoms with Gasteiger partial charge in [0.25, 0.3) is 0 Å². The Morgan fingerprint density at radius 3 is 2.71 bits per heavy atom. The van der Waals surface area contributed by atoms with Crippen molar-refractivity contribution in [2.24, 2.45) is 16.6 Å². The third kappa shape index (κ3) is 7.83. The van der Waals surface area contributed by atoms with E-state index >= 15 is 0 Å². The number of rotatable bonds is 10. The molecule has 1 fully saturated rings. The maximum absolute atomic E-state index is 12.3. The maximum atomic E-state index is 12.3. The molecular formula is C24H28F3N9O2. The van der Waals surface area contributed by atoms with Crippen LogP contribution in [-0.4, -0.2) is 83.3 Å². The molecule has 38 heavy (non-hydrogen) atoms. The number of nitrogens with zero attached hydrogens (tertiary/aromatic N) is 3. The molecule has 2 atom stereocenters. The average Bonchev–Trinajstić information content (AvgIpc) is 3.33. The SMILES string of the molecule is CC(N=CC(C=N)/C(C=N)=C/c1ncc(-c2cccc(NC(=O)NCC(F)(F)F)c2)[nH]1)C(=O)N1CC(N)C1. The molecule has 0 aliphatic carbocycles. The van der Waals surface area contributed by atoms with Crippen LogP contribution in [0.25, 0.3) is 17.3 Å². The number of carbonyl (C=O) groups is 2. The van der Waals surface area contributed by atoms with Gasteiger partial charge in [0.05, 0.1) is 17.8 Å². The van der Waals surface area contributed by atoms with Gasteiger partial charge in [0.2, 0.25) is 5.91 Å². The summed E-state index contributed by atoms with van der Waals surface area (Å²) in [5.74, 6) is -0.450. The Morgan fingerprint density at radius 1 is 1.34 bits per heavy atom. The normalized spacial score (nSPS) is 16.0. The van der Waals surface area contributed by atoms with E-state index in [1.54, 1.807) is 41.4 Å². The number of aromatic amines is 1. The van der Waals surface area contributed by atoms with Crippen LogP contribution in [0, 0.1) is 16.7 Å². The Balaban J connectivity index is 1.68. The number of imidazole rings is 1. The Hall–Kier alpha value is -4.33. The van der Waals surface area contributed by atoms with Crippen LogP contribution in [-0.2, 0) is 4.79 Å². The molecule has 1 aliphatic rings. The molecule has 0 spiro atoms. The quantitative estimate of drug-likeness (QED) is 0.259. The summed E-state index contributed by atoms with van der Waals surface area (Å²) in [5, 5.41) is 19.6. The molecule has 2 heterocycles. The first-order valence-electron chi connectivity index (χ1n) is 11.6. The van der Waals surface area contributed by atoms with Gasteiger partial charge in [0.1, 0.15) is 18.4 Å². The Bertz CT molecular complexity index is 1230. The summed E-state index contributed by atoms with van der Waals surface area (Å²) >= 11 is 0. The molecule has 1 aromatic heterocycles. The average molecular weight is 532 g/mol. The van der Waals surface area contributed by atoms with Gasteiger partial charge in [0.15, 0.2) is 0 Å². The van der Waals surface area contributed by atoms with E-state index < -0.39 is 30.7 Å². The van der Waals surface area contributed by atoms with Gasteiger partial charge in [-0.2, -0.15) is 13.2 Å². The molecule has 3 rings (SSSR count). The number of urea groups is 1. The van der Waals surface area contributed by atoms with Crippen molar-refractivity contribution in [1.82, 2.24) is 20.2 Å². The highest BCUT2D eigenvalue weighted by atomic mass is 19.4. The monoisotopic (exact) mass is 531 g/mol. The summed E-state index contributed by atoms with van der Waals surface area (Å²) < 4.78 is 36.9. The molecule has 14 heteroatoms. The van der Waals surface area contributed by atoms with Gasteiger partial charge in [-0.1, -0.05) is 12.1 Å². The third-order valence-electron chi connectivity index (χ3n) is 5.56. The highest BCUT2D eigenvalue weighted by molar-refractivity contribution is 5.99. The summed E-state index contributed by atoms with van der Waals surface area (Å²) in [6, 6.07) is 4.76. The van der Waals surface area contributed by atoms with E-state index in [0.717, 1.165) is 12.4 Å². The molecule has 0 bridgehead atoms. The standard InChI is InChI=1S/C24H28F3N9O2/c1-14(22(37)36-11-18(30)12-36)31-9-17(8-29)16(7-28)6-21-32-10-20(35-21)15-3-2-4-19(5-15)34-23(38)33-13-24(25,26)27/h2-10,14,17-18,28-29H,11-13,30H2,1H3,(H,32,35)(H2,33,34,38)/b16-6+,28-7?,29-8?,31-9?. The van der Waals surface area contributed by atoms with Crippen LogP contribution >= 0.6 is 0 Å². The minimum Gasteiger partial charge on any atom is -0.338 e. The summed E-state index contributed by atoms with van der Waals surface area (Å²) in [4.78, 5) is 37.3. The fourth-order valence-electron chi connectivity index (χ4n) is 3.54. The molecular weight excluding hydrogens is 503 g/mol. The van der Waals surface area contributed by atoms with E-state index in [0.29, 0.717) is 35.7 Å². The Morgan fingerprint density at radius 2 is 2.08 bits per heavy atom. The Kier molecular flexibility index (Phi) is 9.12. The number of halogens is 3. The van der Waals surface area contributed by atoms with Crippen molar-refractivity contribution in [3.8, 4) is 11.3 Å². The maximum Gasteiger partial charge on any atom is 0.405 e. The molecule has 2 aromatic rings. The van der Waals surface area contributed by atoms with Crippen LogP contribution in [0.3, 0.4) is 0 Å². The first-order valence-corrected chi connectivity index (χ1v) is 11.6. The molecule has 0 saturated carbocycles. The highest BCUT2D eigenvalue weighted by Gasteiger charge is 2.30.